The Bertz CT molecular complexity index is 1540. The second-order valence-corrected chi connectivity index (χ2v) is 8.67. The molecule has 0 aromatic heterocycles. The minimum atomic E-state index is -0.984. The summed E-state index contributed by atoms with van der Waals surface area (Å²) in [4.78, 5) is 37.4. The highest BCUT2D eigenvalue weighted by molar-refractivity contribution is 6.39. The summed E-state index contributed by atoms with van der Waals surface area (Å²) in [6.45, 7) is 2.37. The lowest BCUT2D eigenvalue weighted by atomic mass is 10.0. The molecule has 0 aliphatic heterocycles. The molecule has 0 bridgehead atoms. The van der Waals surface area contributed by atoms with Crippen molar-refractivity contribution in [3.05, 3.63) is 100 Å². The van der Waals surface area contributed by atoms with Gasteiger partial charge in [-0.3, -0.25) is 9.59 Å². The van der Waals surface area contributed by atoms with E-state index in [2.05, 4.69) is 15.8 Å². The number of benzene rings is 4. The van der Waals surface area contributed by atoms with Gasteiger partial charge in [0.15, 0.2) is 0 Å². The Kier molecular flexibility index (Phi) is 8.58. The molecule has 192 valence electrons. The summed E-state index contributed by atoms with van der Waals surface area (Å²) in [6.07, 6.45) is 1.30. The number of fused-ring (bicyclic) bond motifs is 1. The zero-order valence-corrected chi connectivity index (χ0v) is 21.5. The first-order chi connectivity index (χ1) is 18.4. The third-order valence-electron chi connectivity index (χ3n) is 5.27. The largest absolute Gasteiger partial charge is 0.494 e. The standard InChI is InChI=1S/C28H21Cl2N3O5/c1-2-37-20-11-9-19(10-12-20)32-26(34)27(35)33-31-16-23-21-6-4-3-5-17(21)7-14-25(23)38-28(36)22-13-8-18(29)15-24(22)30/h3-16H,2H2,1H3,(H,32,34)(H,33,35). The van der Waals surface area contributed by atoms with Crippen LogP contribution in [0.15, 0.2) is 84.0 Å². The zero-order valence-electron chi connectivity index (χ0n) is 20.0. The Morgan fingerprint density at radius 3 is 2.42 bits per heavy atom. The second kappa shape index (κ2) is 12.2. The lowest BCUT2D eigenvalue weighted by Crippen LogP contribution is -2.32. The van der Waals surface area contributed by atoms with Gasteiger partial charge >= 0.3 is 17.8 Å². The van der Waals surface area contributed by atoms with Crippen LogP contribution in [0.25, 0.3) is 10.8 Å². The van der Waals surface area contributed by atoms with Crippen molar-refractivity contribution in [2.75, 3.05) is 11.9 Å². The van der Waals surface area contributed by atoms with Gasteiger partial charge < -0.3 is 14.8 Å². The zero-order chi connectivity index (χ0) is 27.1. The molecule has 2 N–H and O–H groups in total. The van der Waals surface area contributed by atoms with E-state index in [0.29, 0.717) is 34.0 Å². The number of hydrazone groups is 1. The first-order valence-electron chi connectivity index (χ1n) is 11.4. The Labute approximate surface area is 228 Å². The van der Waals surface area contributed by atoms with Crippen molar-refractivity contribution in [2.24, 2.45) is 5.10 Å². The fourth-order valence-electron chi connectivity index (χ4n) is 3.50. The van der Waals surface area contributed by atoms with E-state index in [4.69, 9.17) is 32.7 Å². The van der Waals surface area contributed by atoms with Gasteiger partial charge in [-0.25, -0.2) is 10.2 Å². The van der Waals surface area contributed by atoms with Crippen LogP contribution in [0.1, 0.15) is 22.8 Å². The van der Waals surface area contributed by atoms with E-state index in [-0.39, 0.29) is 16.3 Å². The van der Waals surface area contributed by atoms with Crippen LogP contribution in [0.3, 0.4) is 0 Å². The fraction of sp³-hybridized carbons (Fsp3) is 0.0714. The molecular formula is C28H21Cl2N3O5. The van der Waals surface area contributed by atoms with Crippen LogP contribution in [0.4, 0.5) is 5.69 Å². The van der Waals surface area contributed by atoms with Gasteiger partial charge in [0, 0.05) is 16.3 Å². The summed E-state index contributed by atoms with van der Waals surface area (Å²) in [5, 5.41) is 8.48. The van der Waals surface area contributed by atoms with Crippen LogP contribution in [-0.2, 0) is 9.59 Å². The Morgan fingerprint density at radius 2 is 1.68 bits per heavy atom. The lowest BCUT2D eigenvalue weighted by molar-refractivity contribution is -0.136. The highest BCUT2D eigenvalue weighted by Crippen LogP contribution is 2.29. The number of halogens is 2. The van der Waals surface area contributed by atoms with Gasteiger partial charge in [-0.05, 0) is 66.2 Å². The number of amides is 2. The maximum absolute atomic E-state index is 12.8. The molecule has 0 atom stereocenters. The summed E-state index contributed by atoms with van der Waals surface area (Å²) >= 11 is 12.1. The van der Waals surface area contributed by atoms with E-state index in [0.717, 1.165) is 5.39 Å². The summed E-state index contributed by atoms with van der Waals surface area (Å²) < 4.78 is 11.0. The van der Waals surface area contributed by atoms with E-state index in [1.54, 1.807) is 36.4 Å². The average Bonchev–Trinajstić information content (AvgIpc) is 2.90. The molecule has 0 saturated heterocycles. The summed E-state index contributed by atoms with van der Waals surface area (Å²) in [5.74, 6) is -1.77. The number of nitrogens with one attached hydrogen (secondary N) is 2. The van der Waals surface area contributed by atoms with Crippen LogP contribution in [0.5, 0.6) is 11.5 Å². The van der Waals surface area contributed by atoms with Crippen LogP contribution in [-0.4, -0.2) is 30.6 Å². The molecule has 4 aromatic rings. The molecule has 38 heavy (non-hydrogen) atoms. The summed E-state index contributed by atoms with van der Waals surface area (Å²) in [5.41, 5.74) is 3.15. The highest BCUT2D eigenvalue weighted by atomic mass is 35.5. The maximum Gasteiger partial charge on any atom is 0.345 e. The predicted molar refractivity (Wildman–Crippen MR) is 147 cm³/mol. The van der Waals surface area contributed by atoms with Gasteiger partial charge in [-0.15, -0.1) is 0 Å². The van der Waals surface area contributed by atoms with E-state index in [9.17, 15) is 14.4 Å². The van der Waals surface area contributed by atoms with E-state index in [1.165, 1.54) is 24.4 Å². The van der Waals surface area contributed by atoms with Crippen molar-refractivity contribution in [3.8, 4) is 11.5 Å². The third-order valence-corrected chi connectivity index (χ3v) is 5.82. The summed E-state index contributed by atoms with van der Waals surface area (Å²) in [7, 11) is 0. The molecule has 0 fully saturated rings. The normalized spacial score (nSPS) is 10.8. The minimum Gasteiger partial charge on any atom is -0.494 e. The molecule has 0 radical (unpaired) electrons. The molecule has 0 aliphatic rings. The SMILES string of the molecule is CCOc1ccc(NC(=O)C(=O)NN=Cc2c(OC(=O)c3ccc(Cl)cc3Cl)ccc3ccccc23)cc1. The van der Waals surface area contributed by atoms with Crippen molar-refractivity contribution in [2.45, 2.75) is 6.92 Å². The molecule has 4 aromatic carbocycles. The maximum atomic E-state index is 12.8. The Hall–Kier alpha value is -4.40. The first-order valence-corrected chi connectivity index (χ1v) is 12.2. The molecule has 4 rings (SSSR count). The number of nitrogens with zero attached hydrogens (tertiary/aromatic N) is 1. The molecule has 0 aliphatic carbocycles. The molecular weight excluding hydrogens is 529 g/mol. The van der Waals surface area contributed by atoms with Crippen molar-refractivity contribution in [1.29, 1.82) is 0 Å². The van der Waals surface area contributed by atoms with Crippen LogP contribution < -0.4 is 20.2 Å². The fourth-order valence-corrected chi connectivity index (χ4v) is 3.99. The topological polar surface area (TPSA) is 106 Å². The van der Waals surface area contributed by atoms with Gasteiger partial charge in [0.2, 0.25) is 0 Å². The van der Waals surface area contributed by atoms with Crippen molar-refractivity contribution in [1.82, 2.24) is 5.43 Å². The van der Waals surface area contributed by atoms with Gasteiger partial charge in [-0.2, -0.15) is 5.10 Å². The number of anilines is 1. The van der Waals surface area contributed by atoms with E-state index < -0.39 is 17.8 Å². The number of esters is 1. The van der Waals surface area contributed by atoms with Crippen molar-refractivity contribution >= 4 is 63.7 Å². The van der Waals surface area contributed by atoms with Gasteiger partial charge in [0.25, 0.3) is 0 Å². The number of rotatable bonds is 7. The first kappa shape index (κ1) is 26.7. The predicted octanol–water partition coefficient (Wildman–Crippen LogP) is 5.85. The molecule has 0 heterocycles. The molecule has 8 nitrogen and oxygen atoms in total. The number of hydrogen-bond donors (Lipinski definition) is 2. The molecule has 0 unspecified atom stereocenters. The monoisotopic (exact) mass is 549 g/mol. The highest BCUT2D eigenvalue weighted by Gasteiger charge is 2.17. The van der Waals surface area contributed by atoms with Gasteiger partial charge in [0.05, 0.1) is 23.4 Å². The third kappa shape index (κ3) is 6.47. The van der Waals surface area contributed by atoms with Crippen LogP contribution in [0.2, 0.25) is 10.0 Å². The Balaban J connectivity index is 1.51. The minimum absolute atomic E-state index is 0.131. The van der Waals surface area contributed by atoms with Gasteiger partial charge in [0.1, 0.15) is 11.5 Å². The van der Waals surface area contributed by atoms with Crippen LogP contribution in [0, 0.1) is 0 Å². The van der Waals surface area contributed by atoms with Gasteiger partial charge in [-0.1, -0.05) is 53.5 Å². The van der Waals surface area contributed by atoms with Crippen molar-refractivity contribution in [3.63, 3.8) is 0 Å². The molecule has 2 amide bonds. The smallest absolute Gasteiger partial charge is 0.345 e. The number of hydrogen-bond acceptors (Lipinski definition) is 6. The number of carbonyl (C=O) groups excluding carboxylic acids is 3. The molecule has 0 saturated carbocycles. The van der Waals surface area contributed by atoms with E-state index >= 15 is 0 Å². The van der Waals surface area contributed by atoms with Crippen molar-refractivity contribution < 1.29 is 23.9 Å². The summed E-state index contributed by atoms with van der Waals surface area (Å²) in [6, 6.07) is 21.7. The Morgan fingerprint density at radius 1 is 0.921 bits per heavy atom. The van der Waals surface area contributed by atoms with E-state index in [1.807, 2.05) is 31.2 Å². The number of ether oxygens (including phenoxy) is 2. The molecule has 10 heteroatoms. The molecule has 0 spiro atoms. The average molecular weight is 550 g/mol. The quantitative estimate of drug-likeness (QED) is 0.0987. The lowest BCUT2D eigenvalue weighted by Gasteiger charge is -2.11. The van der Waals surface area contributed by atoms with Crippen LogP contribution >= 0.6 is 23.2 Å². The second-order valence-electron chi connectivity index (χ2n) is 7.82. The number of carbonyl (C=O) groups is 3.